The number of pyridine rings is 1. The van der Waals surface area contributed by atoms with Crippen LogP contribution in [0.15, 0.2) is 24.4 Å². The Kier molecular flexibility index (Phi) is 2.66. The molecule has 5 rings (SSSR count). The molecule has 21 heavy (non-hydrogen) atoms. The summed E-state index contributed by atoms with van der Waals surface area (Å²) >= 11 is 6.34. The molecule has 2 aromatic rings. The highest BCUT2D eigenvalue weighted by Crippen LogP contribution is 2.65. The minimum absolute atomic E-state index is 0.134. The molecule has 0 amide bonds. The number of rotatable bonds is 4. The van der Waals surface area contributed by atoms with Crippen LogP contribution in [0.1, 0.15) is 19.3 Å². The molecule has 1 aromatic heterocycles. The van der Waals surface area contributed by atoms with E-state index in [-0.39, 0.29) is 5.54 Å². The lowest BCUT2D eigenvalue weighted by atomic mass is 9.40. The van der Waals surface area contributed by atoms with Crippen LogP contribution in [0.3, 0.4) is 0 Å². The molecular weight excluding hydrogens is 286 g/mol. The van der Waals surface area contributed by atoms with E-state index in [2.05, 4.69) is 10.3 Å². The van der Waals surface area contributed by atoms with Gasteiger partial charge in [0, 0.05) is 23.7 Å². The second-order valence-corrected chi connectivity index (χ2v) is 7.02. The molecular formula is C16H18ClN3O. The first-order chi connectivity index (χ1) is 10.0. The fourth-order valence-electron chi connectivity index (χ4n) is 4.00. The SMILES string of the molecule is COc1ccc2ncc(Cl)c(NCC34CC(N)(C3)C4)c2c1. The minimum atomic E-state index is 0.134. The zero-order chi connectivity index (χ0) is 14.7. The number of ether oxygens (including phenoxy) is 1. The van der Waals surface area contributed by atoms with Gasteiger partial charge in [-0.1, -0.05) is 11.6 Å². The van der Waals surface area contributed by atoms with Crippen LogP contribution in [0.2, 0.25) is 5.02 Å². The van der Waals surface area contributed by atoms with Gasteiger partial charge in [0.25, 0.3) is 0 Å². The van der Waals surface area contributed by atoms with E-state index in [0.717, 1.165) is 48.1 Å². The molecule has 0 saturated heterocycles. The van der Waals surface area contributed by atoms with Gasteiger partial charge in [0.2, 0.25) is 0 Å². The quantitative estimate of drug-likeness (QED) is 0.910. The Labute approximate surface area is 128 Å². The molecule has 0 unspecified atom stereocenters. The number of anilines is 1. The maximum absolute atomic E-state index is 6.34. The second kappa shape index (κ2) is 4.24. The molecule has 1 aromatic carbocycles. The molecule has 3 aliphatic rings. The van der Waals surface area contributed by atoms with Crippen LogP contribution in [0.4, 0.5) is 5.69 Å². The number of aromatic nitrogens is 1. The van der Waals surface area contributed by atoms with E-state index in [1.807, 2.05) is 18.2 Å². The summed E-state index contributed by atoms with van der Waals surface area (Å²) in [6.45, 7) is 0.919. The van der Waals surface area contributed by atoms with Gasteiger partial charge in [-0.05, 0) is 42.9 Å². The van der Waals surface area contributed by atoms with Crippen LogP contribution >= 0.6 is 11.6 Å². The third-order valence-electron chi connectivity index (χ3n) is 4.85. The van der Waals surface area contributed by atoms with E-state index in [1.54, 1.807) is 13.3 Å². The maximum Gasteiger partial charge on any atom is 0.119 e. The monoisotopic (exact) mass is 303 g/mol. The Hall–Kier alpha value is -1.52. The van der Waals surface area contributed by atoms with Crippen molar-refractivity contribution in [2.75, 3.05) is 19.0 Å². The number of nitrogens with one attached hydrogen (secondary N) is 1. The topological polar surface area (TPSA) is 60.2 Å². The molecule has 4 nitrogen and oxygen atoms in total. The fraction of sp³-hybridized carbons (Fsp3) is 0.438. The lowest BCUT2D eigenvalue weighted by molar-refractivity contribution is -0.119. The number of methoxy groups -OCH3 is 1. The molecule has 0 radical (unpaired) electrons. The third-order valence-corrected chi connectivity index (χ3v) is 5.14. The van der Waals surface area contributed by atoms with Crippen molar-refractivity contribution < 1.29 is 4.74 Å². The summed E-state index contributed by atoms with van der Waals surface area (Å²) in [6, 6.07) is 5.83. The molecule has 110 valence electrons. The average molecular weight is 304 g/mol. The Bertz CT molecular complexity index is 711. The van der Waals surface area contributed by atoms with E-state index in [9.17, 15) is 0 Å². The van der Waals surface area contributed by atoms with Crippen LogP contribution < -0.4 is 15.8 Å². The summed E-state index contributed by atoms with van der Waals surface area (Å²) in [7, 11) is 1.66. The number of nitrogens with zero attached hydrogens (tertiary/aromatic N) is 1. The molecule has 3 aliphatic carbocycles. The van der Waals surface area contributed by atoms with Crippen molar-refractivity contribution >= 4 is 28.2 Å². The van der Waals surface area contributed by atoms with Crippen LogP contribution in [0, 0.1) is 5.41 Å². The summed E-state index contributed by atoms with van der Waals surface area (Å²) < 4.78 is 5.30. The van der Waals surface area contributed by atoms with E-state index in [0.29, 0.717) is 10.4 Å². The zero-order valence-corrected chi connectivity index (χ0v) is 12.7. The van der Waals surface area contributed by atoms with E-state index < -0.39 is 0 Å². The molecule has 5 heteroatoms. The summed E-state index contributed by atoms with van der Waals surface area (Å²) in [5, 5.41) is 5.16. The first kappa shape index (κ1) is 13.2. The van der Waals surface area contributed by atoms with Gasteiger partial charge in [0.1, 0.15) is 5.75 Å². The number of benzene rings is 1. The Morgan fingerprint density at radius 3 is 2.81 bits per heavy atom. The van der Waals surface area contributed by atoms with Crippen molar-refractivity contribution in [3.63, 3.8) is 0 Å². The van der Waals surface area contributed by atoms with Crippen molar-refractivity contribution in [2.45, 2.75) is 24.8 Å². The average Bonchev–Trinajstić information content (AvgIpc) is 2.42. The first-order valence-electron chi connectivity index (χ1n) is 7.18. The molecule has 3 N–H and O–H groups in total. The Balaban J connectivity index is 1.65. The highest BCUT2D eigenvalue weighted by atomic mass is 35.5. The van der Waals surface area contributed by atoms with Crippen LogP contribution in [-0.2, 0) is 0 Å². The predicted octanol–water partition coefficient (Wildman–Crippen LogP) is 3.19. The summed E-state index contributed by atoms with van der Waals surface area (Å²) in [5.74, 6) is 0.807. The number of hydrogen-bond donors (Lipinski definition) is 2. The van der Waals surface area contributed by atoms with Crippen LogP contribution in [0.5, 0.6) is 5.75 Å². The largest absolute Gasteiger partial charge is 0.497 e. The maximum atomic E-state index is 6.34. The van der Waals surface area contributed by atoms with Crippen molar-refractivity contribution in [3.05, 3.63) is 29.4 Å². The molecule has 0 atom stereocenters. The Morgan fingerprint density at radius 1 is 1.38 bits per heavy atom. The van der Waals surface area contributed by atoms with Crippen LogP contribution in [0.25, 0.3) is 10.9 Å². The van der Waals surface area contributed by atoms with Gasteiger partial charge in [0.05, 0.1) is 23.3 Å². The fourth-order valence-corrected chi connectivity index (χ4v) is 4.22. The highest BCUT2D eigenvalue weighted by molar-refractivity contribution is 6.34. The molecule has 0 aliphatic heterocycles. The summed E-state index contributed by atoms with van der Waals surface area (Å²) in [6.07, 6.45) is 5.07. The Morgan fingerprint density at radius 2 is 2.14 bits per heavy atom. The van der Waals surface area contributed by atoms with Gasteiger partial charge in [-0.2, -0.15) is 0 Å². The standard InChI is InChI=1S/C16H18ClN3O/c1-21-10-2-3-13-11(4-10)14(12(17)5-19-13)20-9-15-6-16(18,7-15)8-15/h2-5H,6-9,18H2,1H3,(H,19,20). The molecule has 3 saturated carbocycles. The van der Waals surface area contributed by atoms with Gasteiger partial charge in [-0.25, -0.2) is 0 Å². The smallest absolute Gasteiger partial charge is 0.119 e. The van der Waals surface area contributed by atoms with E-state index in [4.69, 9.17) is 22.1 Å². The summed E-state index contributed by atoms with van der Waals surface area (Å²) in [5.41, 5.74) is 8.49. The molecule has 2 bridgehead atoms. The van der Waals surface area contributed by atoms with Gasteiger partial charge in [-0.3, -0.25) is 4.98 Å². The van der Waals surface area contributed by atoms with Gasteiger partial charge in [0.15, 0.2) is 0 Å². The highest BCUT2D eigenvalue weighted by Gasteiger charge is 2.65. The second-order valence-electron chi connectivity index (χ2n) is 6.61. The summed E-state index contributed by atoms with van der Waals surface area (Å²) in [4.78, 5) is 4.37. The first-order valence-corrected chi connectivity index (χ1v) is 7.55. The van der Waals surface area contributed by atoms with Gasteiger partial charge >= 0.3 is 0 Å². The third kappa shape index (κ3) is 1.97. The van der Waals surface area contributed by atoms with Crippen molar-refractivity contribution in [1.82, 2.24) is 4.98 Å². The minimum Gasteiger partial charge on any atom is -0.497 e. The van der Waals surface area contributed by atoms with Crippen molar-refractivity contribution in [1.29, 1.82) is 0 Å². The van der Waals surface area contributed by atoms with Crippen LogP contribution in [-0.4, -0.2) is 24.2 Å². The number of halogens is 1. The van der Waals surface area contributed by atoms with Gasteiger partial charge in [-0.15, -0.1) is 0 Å². The van der Waals surface area contributed by atoms with E-state index in [1.165, 1.54) is 0 Å². The van der Waals surface area contributed by atoms with E-state index >= 15 is 0 Å². The number of hydrogen-bond acceptors (Lipinski definition) is 4. The van der Waals surface area contributed by atoms with Crippen molar-refractivity contribution in [2.24, 2.45) is 11.1 Å². The lowest BCUT2D eigenvalue weighted by Crippen LogP contribution is -2.74. The molecule has 0 spiro atoms. The number of fused-ring (bicyclic) bond motifs is 1. The molecule has 1 heterocycles. The van der Waals surface area contributed by atoms with Crippen molar-refractivity contribution in [3.8, 4) is 5.75 Å². The number of nitrogens with two attached hydrogens (primary N) is 1. The van der Waals surface area contributed by atoms with Gasteiger partial charge < -0.3 is 15.8 Å². The normalized spacial score (nSPS) is 29.7. The lowest BCUT2D eigenvalue weighted by Gasteiger charge is -2.69. The molecule has 3 fully saturated rings. The predicted molar refractivity (Wildman–Crippen MR) is 85.0 cm³/mol. The zero-order valence-electron chi connectivity index (χ0n) is 11.9.